The van der Waals surface area contributed by atoms with E-state index in [0.717, 1.165) is 6.42 Å². The van der Waals surface area contributed by atoms with Gasteiger partial charge in [-0.2, -0.15) is 0 Å². The molecule has 10 aromatic rings. The first-order valence-electron chi connectivity index (χ1n) is 18.1. The molecule has 12 rings (SSSR count). The van der Waals surface area contributed by atoms with Crippen LogP contribution in [0.5, 0.6) is 0 Å². The van der Waals surface area contributed by atoms with Crippen LogP contribution in [0.25, 0.3) is 93.1 Å². The van der Waals surface area contributed by atoms with Gasteiger partial charge in [0.1, 0.15) is 0 Å². The molecule has 1 unspecified atom stereocenters. The van der Waals surface area contributed by atoms with E-state index in [-0.39, 0.29) is 6.04 Å². The number of fused-ring (bicyclic) bond motifs is 9. The van der Waals surface area contributed by atoms with Gasteiger partial charge >= 0.3 is 0 Å². The minimum absolute atomic E-state index is 0.208. The topological polar surface area (TPSA) is 22.8 Å². The Balaban J connectivity index is 1.01. The summed E-state index contributed by atoms with van der Waals surface area (Å²) >= 11 is 0. The van der Waals surface area contributed by atoms with Crippen LogP contribution in [-0.2, 0) is 0 Å². The number of hydrogen-bond acceptors (Lipinski definition) is 1. The van der Waals surface area contributed by atoms with Crippen LogP contribution in [0.1, 0.15) is 23.6 Å². The Labute approximate surface area is 300 Å². The maximum absolute atomic E-state index is 4.58. The molecule has 1 atom stereocenters. The zero-order valence-electron chi connectivity index (χ0n) is 28.3. The molecule has 0 amide bonds. The number of pyridine rings is 1. The number of aromatic nitrogens is 3. The van der Waals surface area contributed by atoms with E-state index in [0.29, 0.717) is 0 Å². The van der Waals surface area contributed by atoms with Gasteiger partial charge in [0.2, 0.25) is 0 Å². The SMILES string of the molecule is C1=CC(n2c3ccccc3c3cc(-c4ccc5c(c4)c4cc6ccccc6cc4n5-c4ccccc4)ccc32)CC2=C1c1cncc3cccc2c13. The van der Waals surface area contributed by atoms with Gasteiger partial charge in [0.05, 0.1) is 17.1 Å². The maximum Gasteiger partial charge on any atom is 0.0566 e. The third-order valence-electron chi connectivity index (χ3n) is 11.6. The third kappa shape index (κ3) is 3.82. The lowest BCUT2D eigenvalue weighted by atomic mass is 9.92. The lowest BCUT2D eigenvalue weighted by Crippen LogP contribution is -2.09. The molecule has 0 aliphatic heterocycles. The number of allylic oxidation sites excluding steroid dienone is 4. The lowest BCUT2D eigenvalue weighted by Gasteiger charge is -2.23. The quantitative estimate of drug-likeness (QED) is 0.185. The zero-order valence-corrected chi connectivity index (χ0v) is 28.3. The van der Waals surface area contributed by atoms with Gasteiger partial charge in [0, 0.05) is 67.0 Å². The van der Waals surface area contributed by atoms with Gasteiger partial charge in [-0.1, -0.05) is 103 Å². The van der Waals surface area contributed by atoms with Crippen LogP contribution >= 0.6 is 0 Å². The van der Waals surface area contributed by atoms with Gasteiger partial charge in [-0.3, -0.25) is 4.98 Å². The van der Waals surface area contributed by atoms with Crippen LogP contribution in [0.3, 0.4) is 0 Å². The van der Waals surface area contributed by atoms with E-state index in [1.165, 1.54) is 104 Å². The molecular weight excluding hydrogens is 631 g/mol. The van der Waals surface area contributed by atoms with Crippen LogP contribution in [0.15, 0.2) is 170 Å². The summed E-state index contributed by atoms with van der Waals surface area (Å²) in [4.78, 5) is 4.58. The average molecular weight is 662 g/mol. The second kappa shape index (κ2) is 10.4. The molecule has 0 bridgehead atoms. The summed E-state index contributed by atoms with van der Waals surface area (Å²) in [6.45, 7) is 0. The van der Waals surface area contributed by atoms with Crippen molar-refractivity contribution < 1.29 is 0 Å². The van der Waals surface area contributed by atoms with Crippen LogP contribution in [0, 0.1) is 0 Å². The van der Waals surface area contributed by atoms with Gasteiger partial charge in [-0.05, 0) is 99.6 Å². The lowest BCUT2D eigenvalue weighted by molar-refractivity contribution is 0.658. The van der Waals surface area contributed by atoms with Crippen molar-refractivity contribution in [3.05, 3.63) is 181 Å². The summed E-state index contributed by atoms with van der Waals surface area (Å²) in [6.07, 6.45) is 9.74. The standard InChI is InChI=1S/C49H31N3/c1-2-12-35(13-3-1)51-47-22-18-33(25-42(47)43-23-30-9-4-5-10-31(30)26-48(43)51)32-17-21-46-41(24-32)38-14-6-7-16-45(38)52(46)36-19-20-37-40(27-36)39-15-8-11-34-28-50-29-44(37)49(34)39/h1-26,28-29,36H,27H2. The summed E-state index contributed by atoms with van der Waals surface area (Å²) in [7, 11) is 0. The maximum atomic E-state index is 4.58. The van der Waals surface area contributed by atoms with Gasteiger partial charge < -0.3 is 9.13 Å². The van der Waals surface area contributed by atoms with E-state index in [4.69, 9.17) is 0 Å². The molecule has 52 heavy (non-hydrogen) atoms. The number of para-hydroxylation sites is 2. The Morgan fingerprint density at radius 1 is 0.500 bits per heavy atom. The normalized spacial score (nSPS) is 15.3. The fourth-order valence-electron chi connectivity index (χ4n) is 9.35. The van der Waals surface area contributed by atoms with Crippen LogP contribution in [0.4, 0.5) is 0 Å². The molecule has 0 spiro atoms. The summed E-state index contributed by atoms with van der Waals surface area (Å²) in [5, 5.41) is 10.2. The molecule has 3 heterocycles. The van der Waals surface area contributed by atoms with Crippen molar-refractivity contribution in [2.45, 2.75) is 12.5 Å². The largest absolute Gasteiger partial charge is 0.333 e. The van der Waals surface area contributed by atoms with Gasteiger partial charge in [0.25, 0.3) is 0 Å². The van der Waals surface area contributed by atoms with E-state index in [1.807, 2.05) is 12.4 Å². The second-order valence-corrected chi connectivity index (χ2v) is 14.4. The minimum Gasteiger partial charge on any atom is -0.333 e. The molecular formula is C49H31N3. The zero-order chi connectivity index (χ0) is 33.9. The van der Waals surface area contributed by atoms with E-state index in [2.05, 4.69) is 172 Å². The molecule has 3 aromatic heterocycles. The first-order chi connectivity index (χ1) is 25.8. The molecule has 0 fully saturated rings. The highest BCUT2D eigenvalue weighted by Gasteiger charge is 2.29. The van der Waals surface area contributed by atoms with Crippen LogP contribution in [0.2, 0.25) is 0 Å². The molecule has 0 saturated carbocycles. The molecule has 0 saturated heterocycles. The first-order valence-corrected chi connectivity index (χ1v) is 18.1. The Morgan fingerprint density at radius 3 is 2.06 bits per heavy atom. The predicted octanol–water partition coefficient (Wildman–Crippen LogP) is 12.7. The minimum atomic E-state index is 0.208. The molecule has 3 heteroatoms. The van der Waals surface area contributed by atoms with E-state index in [1.54, 1.807) is 0 Å². The molecule has 7 aromatic carbocycles. The molecule has 0 radical (unpaired) electrons. The summed E-state index contributed by atoms with van der Waals surface area (Å²) < 4.78 is 4.98. The predicted molar refractivity (Wildman–Crippen MR) is 218 cm³/mol. The number of hydrogen-bond donors (Lipinski definition) is 0. The molecule has 2 aliphatic rings. The number of rotatable bonds is 3. The Morgan fingerprint density at radius 2 is 1.19 bits per heavy atom. The van der Waals surface area contributed by atoms with Crippen molar-refractivity contribution in [2.24, 2.45) is 0 Å². The average Bonchev–Trinajstić information content (AvgIpc) is 3.83. The van der Waals surface area contributed by atoms with Crippen molar-refractivity contribution in [3.8, 4) is 16.8 Å². The Bertz CT molecular complexity index is 3200. The summed E-state index contributed by atoms with van der Waals surface area (Å²) in [6, 6.07) is 54.0. The molecule has 2 aliphatic carbocycles. The van der Waals surface area contributed by atoms with Crippen molar-refractivity contribution in [1.29, 1.82) is 0 Å². The third-order valence-corrected chi connectivity index (χ3v) is 11.6. The van der Waals surface area contributed by atoms with Crippen molar-refractivity contribution >= 4 is 76.3 Å². The summed E-state index contributed by atoms with van der Waals surface area (Å²) in [5.41, 5.74) is 14.0. The monoisotopic (exact) mass is 661 g/mol. The van der Waals surface area contributed by atoms with Crippen molar-refractivity contribution in [2.75, 3.05) is 0 Å². The van der Waals surface area contributed by atoms with E-state index < -0.39 is 0 Å². The van der Waals surface area contributed by atoms with Gasteiger partial charge in [0.15, 0.2) is 0 Å². The highest BCUT2D eigenvalue weighted by molar-refractivity contribution is 6.17. The van der Waals surface area contributed by atoms with Crippen molar-refractivity contribution in [3.63, 3.8) is 0 Å². The smallest absolute Gasteiger partial charge is 0.0566 e. The summed E-state index contributed by atoms with van der Waals surface area (Å²) in [5.74, 6) is 0. The Hall–Kier alpha value is -6.71. The molecule has 242 valence electrons. The fraction of sp³-hybridized carbons (Fsp3) is 0.0408. The highest BCUT2D eigenvalue weighted by atomic mass is 15.0. The molecule has 0 N–H and O–H groups in total. The van der Waals surface area contributed by atoms with Gasteiger partial charge in [-0.25, -0.2) is 0 Å². The number of benzene rings is 7. The van der Waals surface area contributed by atoms with Crippen molar-refractivity contribution in [1.82, 2.24) is 14.1 Å². The van der Waals surface area contributed by atoms with Crippen LogP contribution in [-0.4, -0.2) is 14.1 Å². The highest BCUT2D eigenvalue weighted by Crippen LogP contribution is 2.49. The second-order valence-electron chi connectivity index (χ2n) is 14.4. The number of nitrogens with zero attached hydrogens (tertiary/aromatic N) is 3. The van der Waals surface area contributed by atoms with E-state index >= 15 is 0 Å². The van der Waals surface area contributed by atoms with Gasteiger partial charge in [-0.15, -0.1) is 0 Å². The molecule has 3 nitrogen and oxygen atoms in total. The fourth-order valence-corrected chi connectivity index (χ4v) is 9.35. The van der Waals surface area contributed by atoms with E-state index in [9.17, 15) is 0 Å². The first kappa shape index (κ1) is 28.0. The Kier molecular flexibility index (Phi) is 5.61. The van der Waals surface area contributed by atoms with Crippen LogP contribution < -0.4 is 0 Å².